The normalized spacial score (nSPS) is 14.8. The van der Waals surface area contributed by atoms with Gasteiger partial charge in [0.1, 0.15) is 41.4 Å². The lowest BCUT2D eigenvalue weighted by Gasteiger charge is -2.26. The molecule has 0 aromatic carbocycles. The van der Waals surface area contributed by atoms with Crippen LogP contribution in [0.5, 0.6) is 0 Å². The second kappa shape index (κ2) is 42.4. The minimum Gasteiger partial charge on any atom is -0.481 e. The number of carboxylic acid groups (broad SMARTS) is 6. The van der Waals surface area contributed by atoms with Gasteiger partial charge in [-0.15, -0.1) is 5.10 Å². The highest BCUT2D eigenvalue weighted by Crippen LogP contribution is 2.25. The molecule has 0 bridgehead atoms. The number of amides is 7. The van der Waals surface area contributed by atoms with Crippen molar-refractivity contribution in [3.8, 4) is 0 Å². The molecule has 2 aromatic rings. The molecule has 2 aromatic heterocycles. The van der Waals surface area contributed by atoms with Crippen molar-refractivity contribution in [1.82, 2.24) is 62.2 Å². The number of Topliss-reactive ketones (excluding diaryl/α,β-unsaturated/α-hetero) is 3. The highest BCUT2D eigenvalue weighted by atomic mass is 16.4. The number of allylic oxidation sites excluding steroid dienone is 2. The molecule has 0 aliphatic carbocycles. The van der Waals surface area contributed by atoms with Crippen molar-refractivity contribution in [1.29, 1.82) is 0 Å². The van der Waals surface area contributed by atoms with Crippen LogP contribution in [0.4, 0.5) is 4.79 Å². The van der Waals surface area contributed by atoms with Gasteiger partial charge in [-0.1, -0.05) is 38.1 Å². The van der Waals surface area contributed by atoms with E-state index in [9.17, 15) is 97.5 Å². The lowest BCUT2D eigenvalue weighted by Crippen LogP contribution is -2.53. The van der Waals surface area contributed by atoms with Gasteiger partial charge in [-0.2, -0.15) is 0 Å². The van der Waals surface area contributed by atoms with Crippen molar-refractivity contribution in [2.24, 2.45) is 33.2 Å². The fourth-order valence-electron chi connectivity index (χ4n) is 10.6. The van der Waals surface area contributed by atoms with Crippen LogP contribution in [0.3, 0.4) is 0 Å². The van der Waals surface area contributed by atoms with E-state index in [0.29, 0.717) is 67.9 Å². The van der Waals surface area contributed by atoms with E-state index in [1.54, 1.807) is 29.2 Å². The van der Waals surface area contributed by atoms with Gasteiger partial charge >= 0.3 is 41.8 Å². The summed E-state index contributed by atoms with van der Waals surface area (Å²) in [6.07, 6.45) is 6.58. The third-order valence-electron chi connectivity index (χ3n) is 16.2. The van der Waals surface area contributed by atoms with E-state index in [1.807, 2.05) is 26.1 Å². The van der Waals surface area contributed by atoms with Crippen molar-refractivity contribution in [3.05, 3.63) is 53.7 Å². The van der Waals surface area contributed by atoms with Crippen LogP contribution in [0.25, 0.3) is 0 Å². The minimum absolute atomic E-state index is 0.00403. The Morgan fingerprint density at radius 1 is 0.530 bits per heavy atom. The zero-order chi connectivity index (χ0) is 73.9. The zero-order valence-electron chi connectivity index (χ0n) is 56.2. The number of rotatable bonds is 51. The number of urea groups is 1. The van der Waals surface area contributed by atoms with Gasteiger partial charge in [-0.3, -0.25) is 72.2 Å². The summed E-state index contributed by atoms with van der Waals surface area (Å²) in [6, 6.07) is -8.92. The predicted molar refractivity (Wildman–Crippen MR) is 352 cm³/mol. The average Bonchev–Trinajstić information content (AvgIpc) is 1.38. The first kappa shape index (κ1) is 82.0. The van der Waals surface area contributed by atoms with Gasteiger partial charge in [-0.05, 0) is 76.0 Å². The van der Waals surface area contributed by atoms with Crippen LogP contribution in [0.2, 0.25) is 0 Å². The smallest absolute Gasteiger partial charge is 0.326 e. The number of aromatic nitrogens is 5. The number of hydrogen-bond donors (Lipinski definition) is 14. The monoisotopic (exact) mass is 1400 g/mol. The van der Waals surface area contributed by atoms with Crippen LogP contribution < -0.4 is 37.2 Å². The van der Waals surface area contributed by atoms with Gasteiger partial charge in [0.2, 0.25) is 29.5 Å². The number of imidazole rings is 1. The molecule has 0 spiro atoms. The van der Waals surface area contributed by atoms with Crippen molar-refractivity contribution < 1.29 is 103 Å². The summed E-state index contributed by atoms with van der Waals surface area (Å²) in [5, 5.41) is 82.8. The number of aryl methyl sites for hydroxylation is 1. The van der Waals surface area contributed by atoms with Gasteiger partial charge in [0, 0.05) is 150 Å². The molecule has 8 atom stereocenters. The second-order valence-corrected chi connectivity index (χ2v) is 25.7. The van der Waals surface area contributed by atoms with Crippen LogP contribution in [0, 0.1) is 23.2 Å². The van der Waals surface area contributed by atoms with Crippen molar-refractivity contribution in [2.45, 2.75) is 218 Å². The number of aliphatic carboxylic acids is 6. The molecule has 548 valence electrons. The van der Waals surface area contributed by atoms with E-state index in [4.69, 9.17) is 5.11 Å². The molecule has 2 aliphatic heterocycles. The molecular formula is C65H92N14O21. The molecule has 14 N–H and O–H groups in total. The molecule has 0 radical (unpaired) electrons. The SMILES string of the molecule is CC(C)(C)CCC(=O)NCc1cn(CCCCC(=O)CC(CCC(=O)O)C(=O)NC(CC2=CCC=N2)C(=O)NC(CCC(=O)O)C(=O)CC(Cc2cnc[nH]2)C(=O)CC(CCC(=O)O)C(=O)NC(CC2=CCC=N2)C(=O)NCCCCC(NC(=O)NC(CCC(=O)O)C(=O)O)C(=O)O)nn1. The Labute approximate surface area is 575 Å². The van der Waals surface area contributed by atoms with E-state index in [1.165, 1.54) is 18.7 Å². The number of carboxylic acids is 6. The maximum absolute atomic E-state index is 14.7. The Morgan fingerprint density at radius 2 is 1.06 bits per heavy atom. The summed E-state index contributed by atoms with van der Waals surface area (Å²) in [7, 11) is 0. The number of aliphatic imine (C=N–C) groups is 2. The van der Waals surface area contributed by atoms with Crippen LogP contribution >= 0.6 is 0 Å². The molecular weight excluding hydrogens is 1310 g/mol. The third kappa shape index (κ3) is 32.8. The second-order valence-electron chi connectivity index (χ2n) is 25.7. The fourth-order valence-corrected chi connectivity index (χ4v) is 10.6. The molecule has 0 saturated carbocycles. The molecule has 4 heterocycles. The Bertz CT molecular complexity index is 3330. The van der Waals surface area contributed by atoms with Gasteiger partial charge < -0.3 is 72.8 Å². The zero-order valence-corrected chi connectivity index (χ0v) is 56.2. The van der Waals surface area contributed by atoms with Crippen molar-refractivity contribution >= 4 is 101 Å². The number of H-pyrrole nitrogens is 1. The number of carbonyl (C=O) groups excluding carboxylic acids is 9. The van der Waals surface area contributed by atoms with Crippen molar-refractivity contribution in [3.63, 3.8) is 0 Å². The van der Waals surface area contributed by atoms with E-state index in [0.717, 1.165) is 0 Å². The predicted octanol–water partition coefficient (Wildman–Crippen LogP) is 2.49. The summed E-state index contributed by atoms with van der Waals surface area (Å²) >= 11 is 0. The number of ketones is 3. The molecule has 35 heteroatoms. The topological polar surface area (TPSA) is 546 Å². The van der Waals surface area contributed by atoms with Gasteiger partial charge in [0.25, 0.3) is 0 Å². The Kier molecular flexibility index (Phi) is 34.8. The van der Waals surface area contributed by atoms with E-state index in [-0.39, 0.29) is 81.6 Å². The average molecular weight is 1410 g/mol. The van der Waals surface area contributed by atoms with Crippen molar-refractivity contribution in [2.75, 3.05) is 6.54 Å². The first-order valence-electron chi connectivity index (χ1n) is 33.1. The lowest BCUT2D eigenvalue weighted by atomic mass is 9.84. The van der Waals surface area contributed by atoms with Gasteiger partial charge in [0.05, 0.1) is 25.1 Å². The van der Waals surface area contributed by atoms with Crippen LogP contribution in [0.1, 0.15) is 180 Å². The highest BCUT2D eigenvalue weighted by molar-refractivity contribution is 5.98. The number of nitrogens with zero attached hydrogens (tertiary/aromatic N) is 6. The summed E-state index contributed by atoms with van der Waals surface area (Å²) < 4.78 is 1.56. The first-order valence-corrected chi connectivity index (χ1v) is 33.1. The van der Waals surface area contributed by atoms with Crippen LogP contribution in [-0.4, -0.2) is 194 Å². The van der Waals surface area contributed by atoms with E-state index < -0.39 is 189 Å². The Balaban J connectivity index is 1.48. The van der Waals surface area contributed by atoms with E-state index in [2.05, 4.69) is 62.2 Å². The molecule has 100 heavy (non-hydrogen) atoms. The number of unbranched alkanes of at least 4 members (excludes halogenated alkanes) is 2. The molecule has 0 saturated heterocycles. The molecule has 35 nitrogen and oxygen atoms in total. The van der Waals surface area contributed by atoms with E-state index >= 15 is 0 Å². The summed E-state index contributed by atoms with van der Waals surface area (Å²) in [5.74, 6) is -18.1. The Morgan fingerprint density at radius 3 is 1.59 bits per heavy atom. The maximum Gasteiger partial charge on any atom is 0.326 e. The standard InChI is InChI=1S/C65H92N14O21/c1-65(2,3)23-22-53(83)70-35-44-36-79(78-77-44)27-7-5-12-45(80)29-38(14-18-54(84)85)58(92)74-50(33-42-11-9-26-68-42)61(95)72-46(16-20-56(88)89)52(82)31-40(28-43-34-66-37-71-43)51(81)30-39(15-19-55(86)87)59(93)73-49(32-41-10-8-25-67-41)60(94)69-24-6-4-13-47(62(96)97)75-64(100)76-48(63(98)99)17-21-57(90)91/h10-11,25-26,34,36-40,46-50H,4-9,12-24,27-33,35H2,1-3H3,(H,66,71)(H,69,94)(H,70,83)(H,72,95)(H,73,93)(H,74,92)(H,84,85)(H,86,87)(H,88,89)(H,90,91)(H,96,97)(H,98,99)(H2,75,76,100). The summed E-state index contributed by atoms with van der Waals surface area (Å²) in [5.41, 5.74) is 1.57. The largest absolute Gasteiger partial charge is 0.481 e. The van der Waals surface area contributed by atoms with Gasteiger partial charge in [-0.25, -0.2) is 19.4 Å². The van der Waals surface area contributed by atoms with Crippen LogP contribution in [-0.2, 0) is 86.6 Å². The fraction of sp³-hybridized carbons (Fsp3) is 0.600. The molecule has 0 fully saturated rings. The van der Waals surface area contributed by atoms with Crippen LogP contribution in [0.15, 0.2) is 52.3 Å². The number of carbonyl (C=O) groups is 15. The highest BCUT2D eigenvalue weighted by Gasteiger charge is 2.36. The van der Waals surface area contributed by atoms with Gasteiger partial charge in [0.15, 0.2) is 5.78 Å². The minimum atomic E-state index is -1.64. The Hall–Kier alpha value is -10.4. The molecule has 4 rings (SSSR count). The molecule has 7 amide bonds. The molecule has 8 unspecified atom stereocenters. The third-order valence-corrected chi connectivity index (χ3v) is 16.2. The quantitative estimate of drug-likeness (QED) is 0.0423. The summed E-state index contributed by atoms with van der Waals surface area (Å²) in [6.45, 7) is 6.56. The summed E-state index contributed by atoms with van der Waals surface area (Å²) in [4.78, 5) is 210. The first-order chi connectivity index (χ1) is 47.3. The number of hydrogen-bond acceptors (Lipinski definition) is 20. The number of nitrogens with one attached hydrogen (secondary N) is 8. The number of aromatic amines is 1. The lowest BCUT2D eigenvalue weighted by molar-refractivity contribution is -0.141. The molecule has 2 aliphatic rings. The maximum atomic E-state index is 14.7.